The molecule has 0 saturated carbocycles. The van der Waals surface area contributed by atoms with Gasteiger partial charge in [0.1, 0.15) is 5.75 Å². The number of nitrogens with zero attached hydrogens (tertiary/aromatic N) is 1. The van der Waals surface area contributed by atoms with Gasteiger partial charge in [-0.2, -0.15) is 4.31 Å². The minimum absolute atomic E-state index is 0.165. The summed E-state index contributed by atoms with van der Waals surface area (Å²) in [6.45, 7) is 1.33. The van der Waals surface area contributed by atoms with Crippen LogP contribution in [0.15, 0.2) is 53.4 Å². The van der Waals surface area contributed by atoms with Crippen LogP contribution in [0, 0.1) is 0 Å². The standard InChI is InChI=1S/C20H26N2O5S/c1-22(28(24,25)19-11-9-18(27-3)10-12-19)15-16-5-7-17(8-6-16)20(23)21-13-4-14-26-2/h5-12H,4,13-15H2,1-3H3,(H,21,23). The van der Waals surface area contributed by atoms with E-state index in [4.69, 9.17) is 9.47 Å². The average molecular weight is 407 g/mol. The van der Waals surface area contributed by atoms with Gasteiger partial charge in [-0.1, -0.05) is 12.1 Å². The summed E-state index contributed by atoms with van der Waals surface area (Å²) >= 11 is 0. The van der Waals surface area contributed by atoms with Gasteiger partial charge in [0.05, 0.1) is 12.0 Å². The van der Waals surface area contributed by atoms with Crippen molar-refractivity contribution in [2.45, 2.75) is 17.9 Å². The van der Waals surface area contributed by atoms with Gasteiger partial charge in [0.25, 0.3) is 5.91 Å². The second kappa shape index (κ2) is 10.2. The van der Waals surface area contributed by atoms with Crippen LogP contribution in [0.3, 0.4) is 0 Å². The van der Waals surface area contributed by atoms with E-state index in [9.17, 15) is 13.2 Å². The molecule has 2 rings (SSSR count). The van der Waals surface area contributed by atoms with E-state index in [2.05, 4.69) is 5.32 Å². The quantitative estimate of drug-likeness (QED) is 0.612. The van der Waals surface area contributed by atoms with Crippen LogP contribution in [0.1, 0.15) is 22.3 Å². The first-order chi connectivity index (χ1) is 13.4. The molecule has 0 aliphatic carbocycles. The summed E-state index contributed by atoms with van der Waals surface area (Å²) in [5.74, 6) is 0.430. The number of rotatable bonds is 10. The van der Waals surface area contributed by atoms with E-state index in [0.717, 1.165) is 12.0 Å². The normalized spacial score (nSPS) is 11.4. The number of sulfonamides is 1. The van der Waals surface area contributed by atoms with Gasteiger partial charge >= 0.3 is 0 Å². The zero-order valence-corrected chi connectivity index (χ0v) is 17.2. The zero-order chi connectivity index (χ0) is 20.6. The molecule has 2 aromatic rings. The first kappa shape index (κ1) is 21.9. The number of amides is 1. The molecule has 0 saturated heterocycles. The summed E-state index contributed by atoms with van der Waals surface area (Å²) in [6.07, 6.45) is 0.744. The molecule has 0 aliphatic rings. The molecule has 0 aromatic heterocycles. The highest BCUT2D eigenvalue weighted by Gasteiger charge is 2.21. The van der Waals surface area contributed by atoms with Crippen molar-refractivity contribution in [1.29, 1.82) is 0 Å². The molecule has 0 spiro atoms. The van der Waals surface area contributed by atoms with Crippen LogP contribution < -0.4 is 10.1 Å². The predicted octanol–water partition coefficient (Wildman–Crippen LogP) is 2.28. The van der Waals surface area contributed by atoms with Gasteiger partial charge in [0.15, 0.2) is 0 Å². The Bertz CT molecular complexity index is 864. The highest BCUT2D eigenvalue weighted by atomic mass is 32.2. The Kier molecular flexibility index (Phi) is 7.98. The molecule has 7 nitrogen and oxygen atoms in total. The Balaban J connectivity index is 1.99. The lowest BCUT2D eigenvalue weighted by atomic mass is 10.1. The molecule has 0 bridgehead atoms. The van der Waals surface area contributed by atoms with Crippen LogP contribution in [-0.2, 0) is 21.3 Å². The predicted molar refractivity (Wildman–Crippen MR) is 107 cm³/mol. The van der Waals surface area contributed by atoms with Crippen molar-refractivity contribution in [2.75, 3.05) is 34.4 Å². The zero-order valence-electron chi connectivity index (χ0n) is 16.3. The number of carbonyl (C=O) groups excluding carboxylic acids is 1. The monoisotopic (exact) mass is 406 g/mol. The molecule has 2 aromatic carbocycles. The molecule has 1 amide bonds. The maximum absolute atomic E-state index is 12.7. The fraction of sp³-hybridized carbons (Fsp3) is 0.350. The third-order valence-electron chi connectivity index (χ3n) is 4.20. The maximum Gasteiger partial charge on any atom is 0.251 e. The Morgan fingerprint density at radius 3 is 2.25 bits per heavy atom. The third-order valence-corrected chi connectivity index (χ3v) is 6.02. The number of hydrogen-bond acceptors (Lipinski definition) is 5. The molecule has 1 N–H and O–H groups in total. The molecule has 0 radical (unpaired) electrons. The average Bonchev–Trinajstić information content (AvgIpc) is 2.71. The van der Waals surface area contributed by atoms with Crippen LogP contribution in [0.25, 0.3) is 0 Å². The highest BCUT2D eigenvalue weighted by molar-refractivity contribution is 7.89. The van der Waals surface area contributed by atoms with Gasteiger partial charge in [-0.15, -0.1) is 0 Å². The molecule has 0 fully saturated rings. The van der Waals surface area contributed by atoms with Crippen LogP contribution in [0.4, 0.5) is 0 Å². The van der Waals surface area contributed by atoms with Gasteiger partial charge in [-0.25, -0.2) is 8.42 Å². The SMILES string of the molecule is COCCCNC(=O)c1ccc(CN(C)S(=O)(=O)c2ccc(OC)cc2)cc1. The molecule has 28 heavy (non-hydrogen) atoms. The van der Waals surface area contributed by atoms with Crippen LogP contribution in [-0.4, -0.2) is 53.0 Å². The first-order valence-electron chi connectivity index (χ1n) is 8.85. The van der Waals surface area contributed by atoms with Gasteiger partial charge in [0, 0.05) is 39.4 Å². The first-order valence-corrected chi connectivity index (χ1v) is 10.3. The van der Waals surface area contributed by atoms with E-state index in [1.165, 1.54) is 30.6 Å². The van der Waals surface area contributed by atoms with E-state index in [1.54, 1.807) is 43.5 Å². The highest BCUT2D eigenvalue weighted by Crippen LogP contribution is 2.20. The molecule has 152 valence electrons. The van der Waals surface area contributed by atoms with E-state index in [1.807, 2.05) is 0 Å². The Labute approximate surface area is 166 Å². The van der Waals surface area contributed by atoms with Gasteiger partial charge < -0.3 is 14.8 Å². The fourth-order valence-corrected chi connectivity index (χ4v) is 3.71. The van der Waals surface area contributed by atoms with Crippen molar-refractivity contribution in [3.63, 3.8) is 0 Å². The van der Waals surface area contributed by atoms with Crippen molar-refractivity contribution in [3.05, 3.63) is 59.7 Å². The third kappa shape index (κ3) is 5.79. The summed E-state index contributed by atoms with van der Waals surface area (Å²) in [7, 11) is 1.05. The Hall–Kier alpha value is -2.42. The summed E-state index contributed by atoms with van der Waals surface area (Å²) in [5, 5.41) is 2.81. The summed E-state index contributed by atoms with van der Waals surface area (Å²) in [5.41, 5.74) is 1.32. The minimum atomic E-state index is -3.62. The number of carbonyl (C=O) groups is 1. The van der Waals surface area contributed by atoms with Crippen molar-refractivity contribution in [3.8, 4) is 5.75 Å². The Morgan fingerprint density at radius 1 is 1.04 bits per heavy atom. The van der Waals surface area contributed by atoms with E-state index >= 15 is 0 Å². The molecule has 0 atom stereocenters. The lowest BCUT2D eigenvalue weighted by molar-refractivity contribution is 0.0948. The maximum atomic E-state index is 12.7. The molecule has 0 aliphatic heterocycles. The van der Waals surface area contributed by atoms with E-state index in [0.29, 0.717) is 24.5 Å². The summed E-state index contributed by atoms with van der Waals surface area (Å²) < 4.78 is 36.7. The van der Waals surface area contributed by atoms with Crippen molar-refractivity contribution in [2.24, 2.45) is 0 Å². The molecular weight excluding hydrogens is 380 g/mol. The molecule has 0 heterocycles. The van der Waals surface area contributed by atoms with Gasteiger partial charge in [-0.3, -0.25) is 4.79 Å². The van der Waals surface area contributed by atoms with Gasteiger partial charge in [-0.05, 0) is 48.4 Å². The summed E-state index contributed by atoms with van der Waals surface area (Å²) in [6, 6.07) is 13.1. The fourth-order valence-electron chi connectivity index (χ4n) is 2.55. The van der Waals surface area contributed by atoms with E-state index < -0.39 is 10.0 Å². The van der Waals surface area contributed by atoms with E-state index in [-0.39, 0.29) is 17.3 Å². The molecule has 0 unspecified atom stereocenters. The largest absolute Gasteiger partial charge is 0.497 e. The number of ether oxygens (including phenoxy) is 2. The number of methoxy groups -OCH3 is 2. The number of nitrogens with one attached hydrogen (secondary N) is 1. The van der Waals surface area contributed by atoms with Crippen LogP contribution >= 0.6 is 0 Å². The van der Waals surface area contributed by atoms with Crippen LogP contribution in [0.2, 0.25) is 0 Å². The lowest BCUT2D eigenvalue weighted by Gasteiger charge is -2.17. The van der Waals surface area contributed by atoms with Gasteiger partial charge in [0.2, 0.25) is 10.0 Å². The van der Waals surface area contributed by atoms with Crippen molar-refractivity contribution >= 4 is 15.9 Å². The van der Waals surface area contributed by atoms with Crippen LogP contribution in [0.5, 0.6) is 5.75 Å². The van der Waals surface area contributed by atoms with Crippen molar-refractivity contribution < 1.29 is 22.7 Å². The summed E-state index contributed by atoms with van der Waals surface area (Å²) in [4.78, 5) is 12.3. The second-order valence-corrected chi connectivity index (χ2v) is 8.28. The molecular formula is C20H26N2O5S. The molecule has 8 heteroatoms. The minimum Gasteiger partial charge on any atom is -0.497 e. The second-order valence-electron chi connectivity index (χ2n) is 6.24. The van der Waals surface area contributed by atoms with Crippen molar-refractivity contribution in [1.82, 2.24) is 9.62 Å². The topological polar surface area (TPSA) is 84.9 Å². The lowest BCUT2D eigenvalue weighted by Crippen LogP contribution is -2.27. The number of benzene rings is 2. The Morgan fingerprint density at radius 2 is 1.68 bits per heavy atom. The number of hydrogen-bond donors (Lipinski definition) is 1. The smallest absolute Gasteiger partial charge is 0.251 e.